The lowest BCUT2D eigenvalue weighted by molar-refractivity contribution is 0.334. The number of rotatable bonds is 5. The first kappa shape index (κ1) is 13.6. The van der Waals surface area contributed by atoms with E-state index in [1.165, 1.54) is 5.56 Å². The average molecular weight is 285 g/mol. The molecular weight excluding hydrogens is 266 g/mol. The first-order valence-electron chi connectivity index (χ1n) is 6.99. The maximum absolute atomic E-state index is 5.70. The first-order chi connectivity index (χ1) is 10.3. The maximum atomic E-state index is 5.70. The van der Waals surface area contributed by atoms with E-state index in [0.29, 0.717) is 5.92 Å². The number of anilines is 1. The summed E-state index contributed by atoms with van der Waals surface area (Å²) in [6, 6.07) is 14.0. The summed E-state index contributed by atoms with van der Waals surface area (Å²) in [5, 5.41) is 3.44. The molecule has 0 radical (unpaired) electrons. The Bertz CT molecular complexity index is 627. The van der Waals surface area contributed by atoms with Gasteiger partial charge in [0, 0.05) is 29.8 Å². The van der Waals surface area contributed by atoms with Crippen molar-refractivity contribution in [3.63, 3.8) is 0 Å². The third-order valence-electron chi connectivity index (χ3n) is 3.73. The van der Waals surface area contributed by atoms with Crippen molar-refractivity contribution in [2.75, 3.05) is 32.7 Å². The lowest BCUT2D eigenvalue weighted by Gasteiger charge is -2.14. The molecule has 0 aliphatic carbocycles. The van der Waals surface area contributed by atoms with Crippen molar-refractivity contribution in [3.8, 4) is 17.2 Å². The fourth-order valence-electron chi connectivity index (χ4n) is 2.59. The molecule has 3 rings (SSSR count). The second-order valence-corrected chi connectivity index (χ2v) is 5.00. The van der Waals surface area contributed by atoms with Crippen LogP contribution in [0.5, 0.6) is 17.2 Å². The van der Waals surface area contributed by atoms with Gasteiger partial charge in [0.05, 0.1) is 20.8 Å². The highest BCUT2D eigenvalue weighted by Gasteiger charge is 2.23. The Morgan fingerprint density at radius 3 is 2.71 bits per heavy atom. The van der Waals surface area contributed by atoms with E-state index in [0.717, 1.165) is 36.1 Å². The Morgan fingerprint density at radius 2 is 1.90 bits per heavy atom. The SMILES string of the molecule is COc1ccc(NCC2COc3ccccc32)cc1OC. The van der Waals surface area contributed by atoms with Gasteiger partial charge in [0.2, 0.25) is 0 Å². The number of benzene rings is 2. The van der Waals surface area contributed by atoms with Crippen molar-refractivity contribution in [2.45, 2.75) is 5.92 Å². The second kappa shape index (κ2) is 5.95. The summed E-state index contributed by atoms with van der Waals surface area (Å²) < 4.78 is 16.3. The molecule has 110 valence electrons. The van der Waals surface area contributed by atoms with Crippen LogP contribution in [0.2, 0.25) is 0 Å². The maximum Gasteiger partial charge on any atom is 0.162 e. The molecule has 1 aliphatic rings. The molecule has 0 aromatic heterocycles. The van der Waals surface area contributed by atoms with Crippen molar-refractivity contribution in [3.05, 3.63) is 48.0 Å². The molecule has 0 spiro atoms. The molecule has 4 nitrogen and oxygen atoms in total. The minimum absolute atomic E-state index is 0.370. The zero-order valence-corrected chi connectivity index (χ0v) is 12.3. The van der Waals surface area contributed by atoms with Crippen LogP contribution in [0.3, 0.4) is 0 Å². The topological polar surface area (TPSA) is 39.7 Å². The van der Waals surface area contributed by atoms with Gasteiger partial charge in [-0.15, -0.1) is 0 Å². The van der Waals surface area contributed by atoms with Crippen LogP contribution in [0.25, 0.3) is 0 Å². The summed E-state index contributed by atoms with van der Waals surface area (Å²) in [7, 11) is 3.28. The van der Waals surface area contributed by atoms with Gasteiger partial charge in [-0.1, -0.05) is 18.2 Å². The normalized spacial score (nSPS) is 16.0. The van der Waals surface area contributed by atoms with Crippen LogP contribution in [-0.4, -0.2) is 27.4 Å². The molecule has 21 heavy (non-hydrogen) atoms. The predicted octanol–water partition coefficient (Wildman–Crippen LogP) is 3.29. The summed E-state index contributed by atoms with van der Waals surface area (Å²) in [6.07, 6.45) is 0. The molecule has 1 aliphatic heterocycles. The van der Waals surface area contributed by atoms with Gasteiger partial charge in [0.25, 0.3) is 0 Å². The molecule has 4 heteroatoms. The summed E-state index contributed by atoms with van der Waals surface area (Å²) >= 11 is 0. The zero-order chi connectivity index (χ0) is 14.7. The number of fused-ring (bicyclic) bond motifs is 1. The summed E-state index contributed by atoms with van der Waals surface area (Å²) in [6.45, 7) is 1.55. The van der Waals surface area contributed by atoms with Crippen molar-refractivity contribution < 1.29 is 14.2 Å². The molecule has 2 aromatic rings. The molecule has 0 fully saturated rings. The molecule has 1 unspecified atom stereocenters. The molecular formula is C17H19NO3. The van der Waals surface area contributed by atoms with Crippen LogP contribution in [0.1, 0.15) is 11.5 Å². The van der Waals surface area contributed by atoms with Gasteiger partial charge in [-0.05, 0) is 18.2 Å². The number of hydrogen-bond donors (Lipinski definition) is 1. The number of methoxy groups -OCH3 is 2. The Balaban J connectivity index is 1.69. The Labute approximate surface area is 124 Å². The van der Waals surface area contributed by atoms with E-state index in [1.807, 2.05) is 30.3 Å². The van der Waals surface area contributed by atoms with E-state index < -0.39 is 0 Å². The fraction of sp³-hybridized carbons (Fsp3) is 0.294. The third-order valence-corrected chi connectivity index (χ3v) is 3.73. The van der Waals surface area contributed by atoms with E-state index in [4.69, 9.17) is 14.2 Å². The van der Waals surface area contributed by atoms with Gasteiger partial charge < -0.3 is 19.5 Å². The number of para-hydroxylation sites is 1. The van der Waals surface area contributed by atoms with E-state index in [9.17, 15) is 0 Å². The number of hydrogen-bond acceptors (Lipinski definition) is 4. The van der Waals surface area contributed by atoms with Crippen LogP contribution in [-0.2, 0) is 0 Å². The van der Waals surface area contributed by atoms with Crippen LogP contribution in [0.15, 0.2) is 42.5 Å². The van der Waals surface area contributed by atoms with E-state index >= 15 is 0 Å². The highest BCUT2D eigenvalue weighted by Crippen LogP contribution is 2.34. The van der Waals surface area contributed by atoms with Crippen molar-refractivity contribution >= 4 is 5.69 Å². The van der Waals surface area contributed by atoms with Crippen molar-refractivity contribution in [1.82, 2.24) is 0 Å². The Hall–Kier alpha value is -2.36. The fourth-order valence-corrected chi connectivity index (χ4v) is 2.59. The molecule has 1 atom stereocenters. The largest absolute Gasteiger partial charge is 0.493 e. The number of ether oxygens (including phenoxy) is 3. The van der Waals surface area contributed by atoms with Gasteiger partial charge in [-0.2, -0.15) is 0 Å². The van der Waals surface area contributed by atoms with Crippen LogP contribution in [0, 0.1) is 0 Å². The molecule has 0 saturated heterocycles. The molecule has 0 saturated carbocycles. The van der Waals surface area contributed by atoms with E-state index in [1.54, 1.807) is 14.2 Å². The summed E-state index contributed by atoms with van der Waals surface area (Å²) in [5.74, 6) is 2.83. The first-order valence-corrected chi connectivity index (χ1v) is 6.99. The second-order valence-electron chi connectivity index (χ2n) is 5.00. The van der Waals surface area contributed by atoms with Crippen molar-refractivity contribution in [2.24, 2.45) is 0 Å². The molecule has 1 heterocycles. The highest BCUT2D eigenvalue weighted by molar-refractivity contribution is 5.55. The predicted molar refractivity (Wildman–Crippen MR) is 82.7 cm³/mol. The Morgan fingerprint density at radius 1 is 1.10 bits per heavy atom. The van der Waals surface area contributed by atoms with Gasteiger partial charge in [0.1, 0.15) is 5.75 Å². The van der Waals surface area contributed by atoms with Crippen LogP contribution >= 0.6 is 0 Å². The zero-order valence-electron chi connectivity index (χ0n) is 12.3. The molecule has 1 N–H and O–H groups in total. The highest BCUT2D eigenvalue weighted by atomic mass is 16.5. The smallest absolute Gasteiger partial charge is 0.162 e. The minimum atomic E-state index is 0.370. The molecule has 0 amide bonds. The average Bonchev–Trinajstić information content (AvgIpc) is 2.96. The minimum Gasteiger partial charge on any atom is -0.493 e. The van der Waals surface area contributed by atoms with Crippen molar-refractivity contribution in [1.29, 1.82) is 0 Å². The van der Waals surface area contributed by atoms with Gasteiger partial charge in [-0.25, -0.2) is 0 Å². The Kier molecular flexibility index (Phi) is 3.86. The summed E-state index contributed by atoms with van der Waals surface area (Å²) in [4.78, 5) is 0. The molecule has 2 aromatic carbocycles. The van der Waals surface area contributed by atoms with Gasteiger partial charge in [0.15, 0.2) is 11.5 Å². The van der Waals surface area contributed by atoms with Gasteiger partial charge in [-0.3, -0.25) is 0 Å². The quantitative estimate of drug-likeness (QED) is 0.915. The van der Waals surface area contributed by atoms with Crippen LogP contribution < -0.4 is 19.5 Å². The van der Waals surface area contributed by atoms with Gasteiger partial charge >= 0.3 is 0 Å². The monoisotopic (exact) mass is 285 g/mol. The number of nitrogens with one attached hydrogen (secondary N) is 1. The van der Waals surface area contributed by atoms with E-state index in [-0.39, 0.29) is 0 Å². The van der Waals surface area contributed by atoms with E-state index in [2.05, 4.69) is 17.4 Å². The third kappa shape index (κ3) is 2.75. The molecule has 0 bridgehead atoms. The summed E-state index contributed by atoms with van der Waals surface area (Å²) in [5.41, 5.74) is 2.28. The van der Waals surface area contributed by atoms with Crippen LogP contribution in [0.4, 0.5) is 5.69 Å². The standard InChI is InChI=1S/C17H19NO3/c1-19-16-8-7-13(9-17(16)20-2)18-10-12-11-21-15-6-4-3-5-14(12)15/h3-9,12,18H,10-11H2,1-2H3. The lowest BCUT2D eigenvalue weighted by Crippen LogP contribution is -2.13. The lowest BCUT2D eigenvalue weighted by atomic mass is 10.0.